The molecule has 190 valence electrons. The number of ether oxygens (including phenoxy) is 1. The fourth-order valence-electron chi connectivity index (χ4n) is 5.13. The van der Waals surface area contributed by atoms with Crippen molar-refractivity contribution in [1.29, 1.82) is 0 Å². The Kier molecular flexibility index (Phi) is 5.84. The van der Waals surface area contributed by atoms with Gasteiger partial charge in [-0.05, 0) is 44.4 Å². The summed E-state index contributed by atoms with van der Waals surface area (Å²) in [6.07, 6.45) is 5.45. The number of fused-ring (bicyclic) bond motifs is 3. The zero-order valence-corrected chi connectivity index (χ0v) is 20.4. The van der Waals surface area contributed by atoms with Gasteiger partial charge < -0.3 is 14.9 Å². The van der Waals surface area contributed by atoms with Crippen LogP contribution >= 0.6 is 0 Å². The molecular formula is C26H28F2N4O4. The quantitative estimate of drug-likeness (QED) is 0.549. The number of aromatic nitrogens is 3. The molecule has 0 saturated heterocycles. The Bertz CT molecular complexity index is 1390. The van der Waals surface area contributed by atoms with E-state index >= 15 is 0 Å². The fourth-order valence-corrected chi connectivity index (χ4v) is 5.13. The lowest BCUT2D eigenvalue weighted by atomic mass is 9.92. The third-order valence-corrected chi connectivity index (χ3v) is 7.14. The molecule has 1 aromatic carbocycles. The highest BCUT2D eigenvalue weighted by Crippen LogP contribution is 2.41. The van der Waals surface area contributed by atoms with E-state index in [0.717, 1.165) is 22.3 Å². The van der Waals surface area contributed by atoms with E-state index < -0.39 is 17.3 Å². The maximum Gasteiger partial charge on any atom is 0.341 e. The molecule has 1 fully saturated rings. The Morgan fingerprint density at radius 1 is 1.17 bits per heavy atom. The van der Waals surface area contributed by atoms with E-state index in [9.17, 15) is 23.5 Å². The molecule has 10 heteroatoms. The van der Waals surface area contributed by atoms with Crippen LogP contribution in [0.2, 0.25) is 0 Å². The smallest absolute Gasteiger partial charge is 0.341 e. The van der Waals surface area contributed by atoms with Gasteiger partial charge in [-0.3, -0.25) is 14.2 Å². The van der Waals surface area contributed by atoms with E-state index in [1.54, 1.807) is 22.7 Å². The lowest BCUT2D eigenvalue weighted by Crippen LogP contribution is -2.44. The summed E-state index contributed by atoms with van der Waals surface area (Å²) in [7, 11) is 1.56. The second-order valence-electron chi connectivity index (χ2n) is 9.78. The number of nitrogens with zero attached hydrogens (tertiary/aromatic N) is 4. The number of benzene rings is 1. The van der Waals surface area contributed by atoms with Crippen LogP contribution in [0, 0.1) is 0 Å². The SMILES string of the molecule is COc1cc2c(cc1-c1cnn(C3CCC(F)(F)CC3)c1)CN(C(C)C)n1cc(C(=O)O)c(=O)cc1-2. The first-order chi connectivity index (χ1) is 17.1. The molecule has 36 heavy (non-hydrogen) atoms. The Morgan fingerprint density at radius 2 is 1.89 bits per heavy atom. The largest absolute Gasteiger partial charge is 0.496 e. The summed E-state index contributed by atoms with van der Waals surface area (Å²) in [6, 6.07) is 5.16. The maximum atomic E-state index is 13.6. The van der Waals surface area contributed by atoms with Gasteiger partial charge in [0.05, 0.1) is 31.6 Å². The fraction of sp³-hybridized carbons (Fsp3) is 0.423. The molecule has 0 spiro atoms. The summed E-state index contributed by atoms with van der Waals surface area (Å²) in [6.45, 7) is 4.48. The van der Waals surface area contributed by atoms with Crippen LogP contribution < -0.4 is 15.2 Å². The van der Waals surface area contributed by atoms with Gasteiger partial charge in [-0.1, -0.05) is 0 Å². The standard InChI is InChI=1S/C26H28F2N4O4/c1-15(2)31-13-16-8-20(17-11-29-30(12-17)18-4-6-26(27,28)7-5-18)24(36-3)9-19(16)22-10-23(33)21(25(34)35)14-32(22)31/h8-12,14-15,18H,4-7,13H2,1-3H3,(H,34,35). The molecule has 3 heterocycles. The van der Waals surface area contributed by atoms with E-state index in [-0.39, 0.29) is 30.5 Å². The van der Waals surface area contributed by atoms with Crippen molar-refractivity contribution in [3.8, 4) is 28.1 Å². The minimum absolute atomic E-state index is 0.0266. The summed E-state index contributed by atoms with van der Waals surface area (Å²) >= 11 is 0. The third-order valence-electron chi connectivity index (χ3n) is 7.14. The lowest BCUT2D eigenvalue weighted by molar-refractivity contribution is -0.0449. The molecule has 2 aliphatic rings. The highest BCUT2D eigenvalue weighted by molar-refractivity contribution is 5.88. The molecule has 1 aliphatic heterocycles. The number of aromatic carboxylic acids is 1. The molecule has 1 N–H and O–H groups in total. The van der Waals surface area contributed by atoms with Gasteiger partial charge in [0.1, 0.15) is 11.3 Å². The Morgan fingerprint density at radius 3 is 2.53 bits per heavy atom. The van der Waals surface area contributed by atoms with Crippen molar-refractivity contribution in [3.63, 3.8) is 0 Å². The van der Waals surface area contributed by atoms with Crippen LogP contribution in [0.25, 0.3) is 22.4 Å². The van der Waals surface area contributed by atoms with Gasteiger partial charge in [-0.25, -0.2) is 13.6 Å². The zero-order valence-electron chi connectivity index (χ0n) is 20.4. The van der Waals surface area contributed by atoms with Crippen LogP contribution in [-0.2, 0) is 6.54 Å². The number of alkyl halides is 2. The number of halogens is 2. The van der Waals surface area contributed by atoms with E-state index in [2.05, 4.69) is 5.10 Å². The highest BCUT2D eigenvalue weighted by Gasteiger charge is 2.36. The highest BCUT2D eigenvalue weighted by atomic mass is 19.3. The first-order valence-electron chi connectivity index (χ1n) is 12.0. The molecule has 8 nitrogen and oxygen atoms in total. The monoisotopic (exact) mass is 498 g/mol. The van der Waals surface area contributed by atoms with Gasteiger partial charge >= 0.3 is 5.97 Å². The van der Waals surface area contributed by atoms with Crippen LogP contribution in [0.15, 0.2) is 41.6 Å². The van der Waals surface area contributed by atoms with E-state index in [0.29, 0.717) is 30.8 Å². The number of methoxy groups -OCH3 is 1. The van der Waals surface area contributed by atoms with Crippen LogP contribution in [0.4, 0.5) is 8.78 Å². The van der Waals surface area contributed by atoms with Crippen molar-refractivity contribution in [3.05, 3.63) is 58.1 Å². The minimum atomic E-state index is -2.60. The Labute approximate surface area is 206 Å². The molecule has 1 saturated carbocycles. The molecule has 0 radical (unpaired) electrons. The average Bonchev–Trinajstić information content (AvgIpc) is 3.32. The Hall–Kier alpha value is -3.69. The summed E-state index contributed by atoms with van der Waals surface area (Å²) in [5, 5.41) is 15.9. The number of hydrogen-bond donors (Lipinski definition) is 1. The van der Waals surface area contributed by atoms with E-state index in [4.69, 9.17) is 4.74 Å². The predicted molar refractivity (Wildman–Crippen MR) is 130 cm³/mol. The van der Waals surface area contributed by atoms with Crippen molar-refractivity contribution in [2.75, 3.05) is 12.1 Å². The normalized spacial score (nSPS) is 17.1. The van der Waals surface area contributed by atoms with Gasteiger partial charge in [0.2, 0.25) is 5.92 Å². The predicted octanol–water partition coefficient (Wildman–Crippen LogP) is 4.70. The average molecular weight is 499 g/mol. The van der Waals surface area contributed by atoms with E-state index in [1.807, 2.05) is 37.2 Å². The summed E-state index contributed by atoms with van der Waals surface area (Å²) in [5.74, 6) is -3.29. The van der Waals surface area contributed by atoms with Gasteiger partial charge in [-0.2, -0.15) is 5.10 Å². The van der Waals surface area contributed by atoms with Gasteiger partial charge in [-0.15, -0.1) is 0 Å². The molecule has 5 rings (SSSR count). The number of pyridine rings is 1. The minimum Gasteiger partial charge on any atom is -0.496 e. The molecule has 0 amide bonds. The third kappa shape index (κ3) is 4.14. The van der Waals surface area contributed by atoms with Gasteiger partial charge in [0.25, 0.3) is 0 Å². The zero-order chi connectivity index (χ0) is 25.8. The lowest BCUT2D eigenvalue weighted by Gasteiger charge is -2.38. The van der Waals surface area contributed by atoms with Crippen molar-refractivity contribution in [1.82, 2.24) is 14.5 Å². The summed E-state index contributed by atoms with van der Waals surface area (Å²) in [5.41, 5.74) is 3.09. The number of carboxylic acids is 1. The molecule has 3 aromatic rings. The van der Waals surface area contributed by atoms with Crippen molar-refractivity contribution < 1.29 is 23.4 Å². The van der Waals surface area contributed by atoms with Crippen molar-refractivity contribution in [2.24, 2.45) is 0 Å². The van der Waals surface area contributed by atoms with Gasteiger partial charge in [0, 0.05) is 54.0 Å². The number of carboxylic acid groups (broad SMARTS) is 1. The number of carbonyl (C=O) groups is 1. The van der Waals surface area contributed by atoms with Crippen LogP contribution in [-0.4, -0.2) is 44.6 Å². The molecular weight excluding hydrogens is 470 g/mol. The van der Waals surface area contributed by atoms with Crippen LogP contribution in [0.5, 0.6) is 5.75 Å². The number of hydrogen-bond acceptors (Lipinski definition) is 5. The second kappa shape index (κ2) is 8.76. The van der Waals surface area contributed by atoms with Gasteiger partial charge in [0.15, 0.2) is 5.43 Å². The molecule has 0 atom stereocenters. The molecule has 0 unspecified atom stereocenters. The first-order valence-corrected chi connectivity index (χ1v) is 12.0. The van der Waals surface area contributed by atoms with Crippen LogP contribution in [0.3, 0.4) is 0 Å². The maximum absolute atomic E-state index is 13.6. The number of rotatable bonds is 5. The molecule has 2 aromatic heterocycles. The molecule has 1 aliphatic carbocycles. The Balaban J connectivity index is 1.57. The first kappa shape index (κ1) is 24.0. The second-order valence-corrected chi connectivity index (χ2v) is 9.78. The van der Waals surface area contributed by atoms with Crippen LogP contribution in [0.1, 0.15) is 61.5 Å². The van der Waals surface area contributed by atoms with Crippen molar-refractivity contribution in [2.45, 2.75) is 64.1 Å². The summed E-state index contributed by atoms with van der Waals surface area (Å²) in [4.78, 5) is 24.1. The van der Waals surface area contributed by atoms with Crippen molar-refractivity contribution >= 4 is 5.97 Å². The summed E-state index contributed by atoms with van der Waals surface area (Å²) < 4.78 is 36.4. The topological polar surface area (TPSA) is 89.6 Å². The van der Waals surface area contributed by atoms with E-state index in [1.165, 1.54) is 12.3 Å². The molecule has 0 bridgehead atoms.